The molecule has 0 aliphatic carbocycles. The molecule has 16 N–H and O–H groups in total. The number of nitrogens with two attached hydrogens (primary N) is 4. The van der Waals surface area contributed by atoms with Crippen molar-refractivity contribution < 1.29 is 112 Å². The van der Waals surface area contributed by atoms with E-state index in [1.165, 1.54) is 52.3 Å². The van der Waals surface area contributed by atoms with Crippen molar-refractivity contribution >= 4 is 175 Å². The summed E-state index contributed by atoms with van der Waals surface area (Å²) in [6.07, 6.45) is -0.0194. The maximum absolute atomic E-state index is 13.6. The van der Waals surface area contributed by atoms with E-state index in [1.807, 2.05) is 48.5 Å². The Kier molecular flexibility index (Phi) is 44.9. The maximum Gasteiger partial charge on any atom is 0.328 e. The standard InChI is InChI=1S/C41H49Cl2N7O12S.C30H29Cl2N5O6.C11H18N2O6S.CH3F/c1-3-24(20-63-21-28(29(52)12-15-32(54)55)46-31(53)14-11-27(44)39(57)58)36(56)26-10-13-30(34(43)33(26)42)62-19-25(51)9-8-22-4-6-23(7-5-22)18-50-38-35(47-41(50)59)37(45)48-40(49-38)61-17-16-60-2;1-4-17(2)26(39)21-11-12-22(24(32)23(21)31)43-16-20(38)10-9-18-5-7-19(8-6-18)15-37-28-25(34-30(37)40)27(33)35-29(36-28)42-14-13-41-3;12-6(11(18)19)1-3-9(15)13-7(5-20)8(14)2-4-10(16)17;1-2/h4-7,10,13,24,27-28H,3,8-9,11-12,14-21,44H2,1-2H3,(H,46,53)(H,47,59)(H,54,55)(H,57,58)(H2,45,48,49);5-8,11-12H,1-2,4,9-10,13-16H2,3H3,(H2-,33,34,35,36,40);6-7,20H,1-5,12H2,(H,13,15)(H,16,17)(H,18,19);1H3/p+1/i;;;1D. The average Bonchev–Trinajstić information content (AvgIpc) is 1.63. The third kappa shape index (κ3) is 33.9. The third-order valence-corrected chi connectivity index (χ3v) is 22.0. The van der Waals surface area contributed by atoms with Crippen LogP contribution in [0.5, 0.6) is 23.5 Å². The first-order valence-corrected chi connectivity index (χ1v) is 42.4. The van der Waals surface area contributed by atoms with Crippen LogP contribution in [0.1, 0.15) is 128 Å². The number of allylic oxidation sites excluding steroid dienone is 1. The fourth-order valence-corrected chi connectivity index (χ4v) is 14.0. The molecular formula is C83H100Cl4FN14O24S2+. The number of halogens is 5. The zero-order valence-corrected chi connectivity index (χ0v) is 74.5. The smallest absolute Gasteiger partial charge is 0.328 e. The van der Waals surface area contributed by atoms with Gasteiger partial charge in [0, 0.05) is 92.6 Å². The first kappa shape index (κ1) is 105. The summed E-state index contributed by atoms with van der Waals surface area (Å²) in [4.78, 5) is 190. The lowest BCUT2D eigenvalue weighted by Gasteiger charge is -2.20. The molecular weight excluding hydrogens is 1800 g/mol. The number of aromatic amines is 2. The van der Waals surface area contributed by atoms with Crippen molar-refractivity contribution in [3.63, 3.8) is 0 Å². The number of anilines is 2. The number of thioether (sulfide) groups is 1. The van der Waals surface area contributed by atoms with Gasteiger partial charge in [-0.15, -0.1) is 0 Å². The number of carboxylic acids is 4. The number of rotatable bonds is 53. The SMILES string of the molecule is C=C(C[CH2+])C(=O)c1ccc(OCC(=O)CCc2ccc(Cn3c(=O)[nH]c4c(N)nc(OCCOC)nc43)cc2)c(Cl)c1Cl.CCC(CSCC(NC(=O)CCC(N)C(=O)O)C(=O)CCC(=O)O)C(=O)c1ccc(OCC(=O)CCc2ccc(Cn3c(=O)[nH]c4c(N)nc(OCCOC)nc43)cc2)c(Cl)c1Cl.NC(CCC(=O)NC(CS)C(=O)CCC(=O)O)C(=O)O.[2H]CF. The first-order chi connectivity index (χ1) is 61.3. The highest BCUT2D eigenvalue weighted by molar-refractivity contribution is 7.99. The number of benzene rings is 4. The molecule has 4 heterocycles. The Hall–Kier alpha value is -11.5. The number of nitrogens with zero attached hydrogens (tertiary/aromatic N) is 6. The molecule has 0 saturated heterocycles. The number of ether oxygens (including phenoxy) is 6. The monoisotopic (exact) mass is 1900 g/mol. The Morgan fingerprint density at radius 3 is 1.36 bits per heavy atom. The summed E-state index contributed by atoms with van der Waals surface area (Å²) < 4.78 is 50.5. The molecule has 0 fully saturated rings. The van der Waals surface area contributed by atoms with Crippen LogP contribution in [0, 0.1) is 12.8 Å². The lowest BCUT2D eigenvalue weighted by atomic mass is 9.97. The van der Waals surface area contributed by atoms with Crippen molar-refractivity contribution in [3.05, 3.63) is 166 Å². The molecule has 2 amide bonds. The zero-order valence-electron chi connectivity index (χ0n) is 70.8. The van der Waals surface area contributed by atoms with Gasteiger partial charge in [-0.3, -0.25) is 71.1 Å². The van der Waals surface area contributed by atoms with Gasteiger partial charge in [-0.25, -0.2) is 9.59 Å². The summed E-state index contributed by atoms with van der Waals surface area (Å²) in [6.45, 7) is 10.1. The Bertz CT molecular complexity index is 5380. The molecule has 4 aromatic carbocycles. The number of aryl methyl sites for hydroxylation is 2. The van der Waals surface area contributed by atoms with E-state index < -0.39 is 96.6 Å². The Morgan fingerprint density at radius 1 is 0.570 bits per heavy atom. The summed E-state index contributed by atoms with van der Waals surface area (Å²) in [5.41, 5.74) is 27.2. The number of amides is 2. The fraction of sp³-hybridized carbons (Fsp3) is 0.410. The minimum Gasteiger partial charge on any atom is -0.484 e. The minimum absolute atomic E-state index is 0.0159. The van der Waals surface area contributed by atoms with E-state index in [0.717, 1.165) is 22.3 Å². The number of alkyl halides is 1. The van der Waals surface area contributed by atoms with Gasteiger partial charge in [0.2, 0.25) is 11.8 Å². The molecule has 0 bridgehead atoms. The predicted octanol–water partition coefficient (Wildman–Crippen LogP) is 7.95. The molecule has 692 valence electrons. The lowest BCUT2D eigenvalue weighted by Crippen LogP contribution is -2.43. The van der Waals surface area contributed by atoms with Crippen LogP contribution < -0.4 is 63.9 Å². The summed E-state index contributed by atoms with van der Waals surface area (Å²) >= 11 is 30.7. The van der Waals surface area contributed by atoms with Gasteiger partial charge in [0.25, 0.3) is 0 Å². The van der Waals surface area contributed by atoms with Crippen molar-refractivity contribution in [2.45, 2.75) is 134 Å². The van der Waals surface area contributed by atoms with Gasteiger partial charge in [-0.1, -0.05) is 108 Å². The van der Waals surface area contributed by atoms with Crippen LogP contribution >= 0.6 is 70.8 Å². The van der Waals surface area contributed by atoms with Crippen LogP contribution in [-0.2, 0) is 83.4 Å². The number of aromatic nitrogens is 8. The number of hydrogen-bond acceptors (Lipinski definition) is 30. The van der Waals surface area contributed by atoms with E-state index in [9.17, 15) is 71.5 Å². The van der Waals surface area contributed by atoms with Crippen molar-refractivity contribution in [3.8, 4) is 23.5 Å². The maximum atomic E-state index is 13.6. The van der Waals surface area contributed by atoms with Crippen LogP contribution in [0.4, 0.5) is 16.0 Å². The molecule has 0 aliphatic rings. The van der Waals surface area contributed by atoms with E-state index in [-0.39, 0.29) is 222 Å². The predicted molar refractivity (Wildman–Crippen MR) is 479 cm³/mol. The molecule has 5 unspecified atom stereocenters. The number of Topliss-reactive ketones (excluding diaryl/α,β-unsaturated/α-hetero) is 6. The minimum atomic E-state index is -1.28. The van der Waals surface area contributed by atoms with Gasteiger partial charge in [0.05, 0.1) is 76.7 Å². The molecule has 4 aromatic heterocycles. The number of aliphatic carboxylic acids is 4. The summed E-state index contributed by atoms with van der Waals surface area (Å²) in [5.74, 6) is -7.77. The molecule has 0 radical (unpaired) electrons. The van der Waals surface area contributed by atoms with Crippen LogP contribution in [0.25, 0.3) is 22.3 Å². The number of thiol groups is 1. The van der Waals surface area contributed by atoms with Crippen molar-refractivity contribution in [1.82, 2.24) is 49.7 Å². The van der Waals surface area contributed by atoms with Gasteiger partial charge >= 0.3 is 47.3 Å². The number of hydrogen-bond donors (Lipinski definition) is 13. The van der Waals surface area contributed by atoms with Gasteiger partial charge in [-0.05, 0) is 78.6 Å². The van der Waals surface area contributed by atoms with Crippen LogP contribution in [0.15, 0.2) is 94.5 Å². The molecule has 0 saturated carbocycles. The highest BCUT2D eigenvalue weighted by Crippen LogP contribution is 2.38. The number of carbonyl (C=O) groups excluding carboxylic acids is 8. The third-order valence-electron chi connectivity index (χ3n) is 18.7. The van der Waals surface area contributed by atoms with Crippen molar-refractivity contribution in [1.29, 1.82) is 0 Å². The number of H-pyrrole nitrogens is 2. The number of ketones is 6. The Morgan fingerprint density at radius 2 is 0.969 bits per heavy atom. The normalized spacial score (nSPS) is 12.2. The topological polar surface area (TPSA) is 596 Å². The van der Waals surface area contributed by atoms with Crippen molar-refractivity contribution in [2.75, 3.05) is 89.7 Å². The molecule has 5 atom stereocenters. The molecule has 45 heteroatoms. The van der Waals surface area contributed by atoms with Crippen LogP contribution in [0.3, 0.4) is 0 Å². The fourth-order valence-electron chi connectivity index (χ4n) is 11.4. The van der Waals surface area contributed by atoms with Crippen LogP contribution in [-0.4, -0.2) is 232 Å². The lowest BCUT2D eigenvalue weighted by molar-refractivity contribution is -0.140. The molecule has 128 heavy (non-hydrogen) atoms. The number of carboxylic acid groups (broad SMARTS) is 4. The van der Waals surface area contributed by atoms with E-state index in [2.05, 4.69) is 66.7 Å². The van der Waals surface area contributed by atoms with Gasteiger partial charge in [0.15, 0.2) is 57.6 Å². The quantitative estimate of drug-likeness (QED) is 0.00565. The first-order valence-electron chi connectivity index (χ1n) is 39.8. The second-order valence-corrected chi connectivity index (χ2v) is 30.9. The van der Waals surface area contributed by atoms with Gasteiger partial charge in [-0.2, -0.15) is 44.3 Å². The molecule has 0 spiro atoms. The van der Waals surface area contributed by atoms with Crippen LogP contribution in [0.2, 0.25) is 20.1 Å². The summed E-state index contributed by atoms with van der Waals surface area (Å²) in [5, 5.41) is 39.9. The number of nitrogens with one attached hydrogen (secondary N) is 4. The number of nitrogen functional groups attached to an aromatic ring is 2. The molecule has 8 rings (SSSR count). The molecule has 38 nitrogen and oxygen atoms in total. The number of imidazole rings is 2. The number of fused-ring (bicyclic) bond motifs is 2. The van der Waals surface area contributed by atoms with Crippen molar-refractivity contribution in [2.24, 2.45) is 17.4 Å². The van der Waals surface area contributed by atoms with E-state index in [0.29, 0.717) is 54.7 Å². The second-order valence-electron chi connectivity index (χ2n) is 28.0. The van der Waals surface area contributed by atoms with Gasteiger partial charge in [0.1, 0.15) is 77.5 Å². The summed E-state index contributed by atoms with van der Waals surface area (Å²) in [7, 11) is 2.08. The number of methoxy groups -OCH3 is 2. The highest BCUT2D eigenvalue weighted by Gasteiger charge is 2.29. The van der Waals surface area contributed by atoms with E-state index >= 15 is 0 Å². The molecule has 8 aromatic rings. The van der Waals surface area contributed by atoms with E-state index in [1.54, 1.807) is 14.0 Å². The highest BCUT2D eigenvalue weighted by atomic mass is 35.5. The average molecular weight is 1900 g/mol. The molecule has 0 aliphatic heterocycles. The summed E-state index contributed by atoms with van der Waals surface area (Å²) in [6, 6.07) is 16.5. The zero-order chi connectivity index (χ0) is 95.7. The Labute approximate surface area is 763 Å². The van der Waals surface area contributed by atoms with Gasteiger partial charge < -0.3 is 92.4 Å². The number of carbonyl (C=O) groups is 12. The van der Waals surface area contributed by atoms with E-state index in [4.69, 9.17) is 120 Å². The second kappa shape index (κ2) is 54.6. The Balaban J connectivity index is 0.000000382. The largest absolute Gasteiger partial charge is 0.484 e.